The fourth-order valence-electron chi connectivity index (χ4n) is 1.63. The third kappa shape index (κ3) is 2.36. The van der Waals surface area contributed by atoms with E-state index in [9.17, 15) is 4.79 Å². The maximum absolute atomic E-state index is 11.4. The van der Waals surface area contributed by atoms with E-state index in [4.69, 9.17) is 4.74 Å². The average Bonchev–Trinajstić information content (AvgIpc) is 2.73. The van der Waals surface area contributed by atoms with Gasteiger partial charge in [-0.15, -0.1) is 0 Å². The van der Waals surface area contributed by atoms with Crippen LogP contribution in [-0.4, -0.2) is 22.4 Å². The molecule has 0 saturated carbocycles. The van der Waals surface area contributed by atoms with E-state index in [1.54, 1.807) is 17.8 Å². The van der Waals surface area contributed by atoms with Crippen LogP contribution in [0.4, 0.5) is 0 Å². The van der Waals surface area contributed by atoms with Crippen LogP contribution in [-0.2, 0) is 16.1 Å². The van der Waals surface area contributed by atoms with Gasteiger partial charge in [0.1, 0.15) is 0 Å². The number of hydrogen-bond donors (Lipinski definition) is 0. The third-order valence-corrected chi connectivity index (χ3v) is 2.46. The summed E-state index contributed by atoms with van der Waals surface area (Å²) in [6.07, 6.45) is 1.77. The van der Waals surface area contributed by atoms with Crippen molar-refractivity contribution < 1.29 is 9.53 Å². The number of carbonyl (C=O) groups is 1. The molecule has 2 aromatic rings. The van der Waals surface area contributed by atoms with E-state index in [2.05, 4.69) is 11.7 Å². The van der Waals surface area contributed by atoms with Gasteiger partial charge >= 0.3 is 5.97 Å². The van der Waals surface area contributed by atoms with Crippen LogP contribution in [0.1, 0.15) is 6.92 Å². The van der Waals surface area contributed by atoms with Gasteiger partial charge in [0.25, 0.3) is 0 Å². The number of para-hydroxylation sites is 1. The van der Waals surface area contributed by atoms with Crippen LogP contribution in [0.3, 0.4) is 0 Å². The zero-order valence-corrected chi connectivity index (χ0v) is 9.72. The minimum Gasteiger partial charge on any atom is -0.463 e. The number of rotatable bonds is 4. The van der Waals surface area contributed by atoms with Gasteiger partial charge in [-0.25, -0.2) is 4.79 Å². The van der Waals surface area contributed by atoms with Gasteiger partial charge < -0.3 is 4.74 Å². The summed E-state index contributed by atoms with van der Waals surface area (Å²) in [5, 5.41) is 5.27. The highest BCUT2D eigenvalue weighted by molar-refractivity contribution is 5.88. The molecule has 0 fully saturated rings. The molecule has 0 atom stereocenters. The van der Waals surface area contributed by atoms with Gasteiger partial charge in [0.05, 0.1) is 30.4 Å². The molecule has 0 unspecified atom stereocenters. The summed E-state index contributed by atoms with van der Waals surface area (Å²) in [5.41, 5.74) is 1.39. The summed E-state index contributed by atoms with van der Waals surface area (Å²) in [6, 6.07) is 7.83. The van der Waals surface area contributed by atoms with Gasteiger partial charge in [-0.1, -0.05) is 24.8 Å². The molecule has 0 aliphatic carbocycles. The molecule has 0 aliphatic heterocycles. The van der Waals surface area contributed by atoms with Crippen LogP contribution in [0.2, 0.25) is 0 Å². The zero-order valence-electron chi connectivity index (χ0n) is 9.72. The number of fused-ring (bicyclic) bond motifs is 1. The molecule has 1 aromatic heterocycles. The second kappa shape index (κ2) is 4.82. The molecule has 1 aromatic carbocycles. The summed E-state index contributed by atoms with van der Waals surface area (Å²) in [6.45, 7) is 6.20. The average molecular weight is 230 g/mol. The Kier molecular flexibility index (Phi) is 3.23. The molecule has 0 amide bonds. The Hall–Kier alpha value is -2.10. The molecule has 0 saturated heterocycles. The molecule has 4 nitrogen and oxygen atoms in total. The quantitative estimate of drug-likeness (QED) is 0.597. The normalized spacial score (nSPS) is 10.4. The van der Waals surface area contributed by atoms with Crippen molar-refractivity contribution in [3.63, 3.8) is 0 Å². The van der Waals surface area contributed by atoms with Gasteiger partial charge in [-0.2, -0.15) is 5.10 Å². The highest BCUT2D eigenvalue weighted by Gasteiger charge is 2.10. The molecule has 0 bridgehead atoms. The van der Waals surface area contributed by atoms with Crippen molar-refractivity contribution in [3.05, 3.63) is 42.6 Å². The van der Waals surface area contributed by atoms with Crippen molar-refractivity contribution in [2.75, 3.05) is 6.61 Å². The first kappa shape index (κ1) is 11.4. The minimum atomic E-state index is -0.368. The smallest absolute Gasteiger partial charge is 0.335 e. The maximum atomic E-state index is 11.4. The first-order valence-electron chi connectivity index (χ1n) is 5.48. The zero-order chi connectivity index (χ0) is 12.3. The van der Waals surface area contributed by atoms with Gasteiger partial charge in [0.2, 0.25) is 0 Å². The van der Waals surface area contributed by atoms with Gasteiger partial charge in [-0.3, -0.25) is 4.68 Å². The first-order valence-corrected chi connectivity index (χ1v) is 5.48. The Labute approximate surface area is 99.5 Å². The predicted molar refractivity (Wildman–Crippen MR) is 65.5 cm³/mol. The number of hydrogen-bond acceptors (Lipinski definition) is 3. The molecule has 0 radical (unpaired) electrons. The van der Waals surface area contributed by atoms with E-state index >= 15 is 0 Å². The molecule has 17 heavy (non-hydrogen) atoms. The fourth-order valence-corrected chi connectivity index (χ4v) is 1.63. The molecule has 0 spiro atoms. The van der Waals surface area contributed by atoms with Crippen molar-refractivity contribution in [3.8, 4) is 0 Å². The number of esters is 1. The molecule has 2 rings (SSSR count). The Bertz CT molecular complexity index is 557. The Balaban J connectivity index is 2.19. The molecule has 0 aliphatic rings. The van der Waals surface area contributed by atoms with Gasteiger partial charge in [-0.05, 0) is 13.0 Å². The molecular formula is C13H14N2O2. The number of ether oxygens (including phenoxy) is 1. The molecule has 0 N–H and O–H groups in total. The first-order chi connectivity index (χ1) is 8.22. The molecule has 1 heterocycles. The SMILES string of the molecule is C=C(Cn1ncc2ccccc21)C(=O)OCC. The van der Waals surface area contributed by atoms with Gasteiger partial charge in [0.15, 0.2) is 0 Å². The van der Waals surface area contributed by atoms with Crippen LogP contribution in [0.5, 0.6) is 0 Å². The lowest BCUT2D eigenvalue weighted by Gasteiger charge is -2.06. The lowest BCUT2D eigenvalue weighted by molar-refractivity contribution is -0.138. The minimum absolute atomic E-state index is 0.354. The topological polar surface area (TPSA) is 44.1 Å². The van der Waals surface area contributed by atoms with E-state index in [1.807, 2.05) is 24.3 Å². The summed E-state index contributed by atoms with van der Waals surface area (Å²) < 4.78 is 6.63. The number of benzene rings is 1. The number of aromatic nitrogens is 2. The van der Waals surface area contributed by atoms with Crippen LogP contribution in [0.15, 0.2) is 42.6 Å². The van der Waals surface area contributed by atoms with Crippen molar-refractivity contribution in [1.82, 2.24) is 9.78 Å². The summed E-state index contributed by atoms with van der Waals surface area (Å²) in [5.74, 6) is -0.368. The maximum Gasteiger partial charge on any atom is 0.335 e. The highest BCUT2D eigenvalue weighted by Crippen LogP contribution is 2.14. The summed E-state index contributed by atoms with van der Waals surface area (Å²) in [7, 11) is 0. The van der Waals surface area contributed by atoms with Crippen molar-refractivity contribution in [2.45, 2.75) is 13.5 Å². The largest absolute Gasteiger partial charge is 0.463 e. The molecule has 88 valence electrons. The molecule has 4 heteroatoms. The highest BCUT2D eigenvalue weighted by atomic mass is 16.5. The second-order valence-corrected chi connectivity index (χ2v) is 3.69. The van der Waals surface area contributed by atoms with Crippen molar-refractivity contribution >= 4 is 16.9 Å². The Morgan fingerprint density at radius 1 is 1.47 bits per heavy atom. The van der Waals surface area contributed by atoms with Crippen LogP contribution in [0.25, 0.3) is 10.9 Å². The van der Waals surface area contributed by atoms with E-state index in [0.29, 0.717) is 18.7 Å². The van der Waals surface area contributed by atoms with Crippen LogP contribution < -0.4 is 0 Å². The lowest BCUT2D eigenvalue weighted by Crippen LogP contribution is -2.13. The monoisotopic (exact) mass is 230 g/mol. The Morgan fingerprint density at radius 3 is 3.00 bits per heavy atom. The van der Waals surface area contributed by atoms with E-state index in [-0.39, 0.29) is 5.97 Å². The van der Waals surface area contributed by atoms with E-state index in [0.717, 1.165) is 10.9 Å². The van der Waals surface area contributed by atoms with Crippen LogP contribution >= 0.6 is 0 Å². The van der Waals surface area contributed by atoms with Crippen molar-refractivity contribution in [1.29, 1.82) is 0 Å². The van der Waals surface area contributed by atoms with E-state index < -0.39 is 0 Å². The van der Waals surface area contributed by atoms with Gasteiger partial charge in [0, 0.05) is 5.39 Å². The van der Waals surface area contributed by atoms with Crippen molar-refractivity contribution in [2.24, 2.45) is 0 Å². The fraction of sp³-hybridized carbons (Fsp3) is 0.231. The number of nitrogens with zero attached hydrogens (tertiary/aromatic N) is 2. The second-order valence-electron chi connectivity index (χ2n) is 3.69. The standard InChI is InChI=1S/C13H14N2O2/c1-3-17-13(16)10(2)9-15-12-7-5-4-6-11(12)8-14-15/h4-8H,2-3,9H2,1H3. The summed E-state index contributed by atoms with van der Waals surface area (Å²) >= 11 is 0. The van der Waals surface area contributed by atoms with Crippen LogP contribution in [0, 0.1) is 0 Å². The Morgan fingerprint density at radius 2 is 2.24 bits per heavy atom. The molecular weight excluding hydrogens is 216 g/mol. The lowest BCUT2D eigenvalue weighted by atomic mass is 10.2. The number of carbonyl (C=O) groups excluding carboxylic acids is 1. The van der Waals surface area contributed by atoms with E-state index in [1.165, 1.54) is 0 Å². The third-order valence-electron chi connectivity index (χ3n) is 2.46. The summed E-state index contributed by atoms with van der Waals surface area (Å²) in [4.78, 5) is 11.4. The predicted octanol–water partition coefficient (Wildman–Crippen LogP) is 2.16.